The molecule has 0 saturated carbocycles. The summed E-state index contributed by atoms with van der Waals surface area (Å²) in [6, 6.07) is 0. The SMILES string of the molecule is [C-]1=CC=CC1.[C-]1=CC=CC1.[Cl-].[Cl-].[Zr+2]. The number of rotatable bonds is 0. The molecule has 0 aliphatic heterocycles. The molecule has 0 radical (unpaired) electrons. The van der Waals surface area contributed by atoms with E-state index in [9.17, 15) is 0 Å². The molecule has 0 heterocycles. The Morgan fingerprint density at radius 3 is 1.23 bits per heavy atom. The molecule has 0 nitrogen and oxygen atoms in total. The summed E-state index contributed by atoms with van der Waals surface area (Å²) in [7, 11) is 0. The van der Waals surface area contributed by atoms with Crippen molar-refractivity contribution in [2.45, 2.75) is 12.8 Å². The van der Waals surface area contributed by atoms with Crippen LogP contribution in [-0.2, 0) is 26.2 Å². The fraction of sp³-hybridized carbons (Fsp3) is 0.200. The van der Waals surface area contributed by atoms with Crippen LogP contribution in [0.2, 0.25) is 0 Å². The fourth-order valence-corrected chi connectivity index (χ4v) is 0.680. The first-order chi connectivity index (χ1) is 5.00. The molecule has 70 valence electrons. The molecule has 0 saturated heterocycles. The van der Waals surface area contributed by atoms with Crippen molar-refractivity contribution >= 4 is 0 Å². The maximum atomic E-state index is 2.99. The van der Waals surface area contributed by atoms with Gasteiger partial charge in [0.1, 0.15) is 0 Å². The van der Waals surface area contributed by atoms with Gasteiger partial charge in [0.25, 0.3) is 0 Å². The van der Waals surface area contributed by atoms with Crippen LogP contribution in [0.1, 0.15) is 12.8 Å². The average molecular weight is 292 g/mol. The van der Waals surface area contributed by atoms with E-state index in [1.54, 1.807) is 0 Å². The Morgan fingerprint density at radius 2 is 1.15 bits per heavy atom. The fourth-order valence-electron chi connectivity index (χ4n) is 0.680. The van der Waals surface area contributed by atoms with Gasteiger partial charge in [-0.05, 0) is 0 Å². The number of hydrogen-bond donors (Lipinski definition) is 0. The van der Waals surface area contributed by atoms with Crippen LogP contribution in [0.15, 0.2) is 36.5 Å². The molecule has 2 aliphatic carbocycles. The summed E-state index contributed by atoms with van der Waals surface area (Å²) in [5.74, 6) is 0. The summed E-state index contributed by atoms with van der Waals surface area (Å²) in [6.07, 6.45) is 20.0. The van der Waals surface area contributed by atoms with Crippen molar-refractivity contribution in [3.8, 4) is 0 Å². The minimum atomic E-state index is 0. The predicted octanol–water partition coefficient (Wildman–Crippen LogP) is -3.38. The molecule has 0 aromatic heterocycles. The first-order valence-electron chi connectivity index (χ1n) is 3.43. The first-order valence-corrected chi connectivity index (χ1v) is 3.43. The van der Waals surface area contributed by atoms with Crippen LogP contribution in [0.3, 0.4) is 0 Å². The van der Waals surface area contributed by atoms with E-state index >= 15 is 0 Å². The van der Waals surface area contributed by atoms with Crippen molar-refractivity contribution in [1.29, 1.82) is 0 Å². The van der Waals surface area contributed by atoms with Crippen LogP contribution in [0.4, 0.5) is 0 Å². The number of hydrogen-bond acceptors (Lipinski definition) is 0. The van der Waals surface area contributed by atoms with Gasteiger partial charge in [0.05, 0.1) is 0 Å². The molecule has 0 spiro atoms. The van der Waals surface area contributed by atoms with Crippen molar-refractivity contribution in [1.82, 2.24) is 0 Å². The van der Waals surface area contributed by atoms with Crippen LogP contribution >= 0.6 is 0 Å². The zero-order valence-electron chi connectivity index (χ0n) is 7.13. The smallest absolute Gasteiger partial charge is 1.00 e. The maximum absolute atomic E-state index is 2.99. The quantitative estimate of drug-likeness (QED) is 0.409. The van der Waals surface area contributed by atoms with Crippen LogP contribution in [0, 0.1) is 12.2 Å². The zero-order chi connectivity index (χ0) is 7.07. The Hall–Kier alpha value is 0.423. The van der Waals surface area contributed by atoms with Crippen molar-refractivity contribution in [2.24, 2.45) is 0 Å². The average Bonchev–Trinajstić information content (AvgIpc) is 2.67. The van der Waals surface area contributed by atoms with Gasteiger partial charge in [-0.3, -0.25) is 12.2 Å². The molecule has 0 unspecified atom stereocenters. The first kappa shape index (κ1) is 19.1. The normalized spacial score (nSPS) is 13.5. The summed E-state index contributed by atoms with van der Waals surface area (Å²) < 4.78 is 0. The minimum absolute atomic E-state index is 0. The Morgan fingerprint density at radius 1 is 0.769 bits per heavy atom. The summed E-state index contributed by atoms with van der Waals surface area (Å²) in [5, 5.41) is 0. The third-order valence-electron chi connectivity index (χ3n) is 1.17. The van der Waals surface area contributed by atoms with E-state index in [2.05, 4.69) is 24.3 Å². The third kappa shape index (κ3) is 12.4. The molecular weight excluding hydrogens is 282 g/mol. The van der Waals surface area contributed by atoms with Gasteiger partial charge in [0.2, 0.25) is 0 Å². The van der Waals surface area contributed by atoms with Crippen LogP contribution in [-0.4, -0.2) is 0 Å². The second-order valence-corrected chi connectivity index (χ2v) is 2.01. The van der Waals surface area contributed by atoms with Crippen molar-refractivity contribution in [3.63, 3.8) is 0 Å². The van der Waals surface area contributed by atoms with Crippen LogP contribution in [0.5, 0.6) is 0 Å². The largest absolute Gasteiger partial charge is 2.00 e. The van der Waals surface area contributed by atoms with E-state index in [0.717, 1.165) is 12.8 Å². The Balaban J connectivity index is -0.000000125. The van der Waals surface area contributed by atoms with Gasteiger partial charge in [-0.15, -0.1) is 12.8 Å². The van der Waals surface area contributed by atoms with Crippen molar-refractivity contribution in [2.75, 3.05) is 0 Å². The van der Waals surface area contributed by atoms with E-state index in [1.165, 1.54) is 0 Å². The number of halogens is 2. The van der Waals surface area contributed by atoms with Gasteiger partial charge >= 0.3 is 26.2 Å². The van der Waals surface area contributed by atoms with E-state index in [-0.39, 0.29) is 51.0 Å². The van der Waals surface area contributed by atoms with Gasteiger partial charge in [-0.2, -0.15) is 12.2 Å². The van der Waals surface area contributed by atoms with Crippen molar-refractivity contribution < 1.29 is 51.0 Å². The monoisotopic (exact) mass is 290 g/mol. The topological polar surface area (TPSA) is 0 Å². The molecule has 0 amide bonds. The van der Waals surface area contributed by atoms with E-state index in [1.807, 2.05) is 24.3 Å². The molecular formula is C10H10Cl2Zr-2. The maximum Gasteiger partial charge on any atom is 2.00 e. The summed E-state index contributed by atoms with van der Waals surface area (Å²) in [5.41, 5.74) is 0. The summed E-state index contributed by atoms with van der Waals surface area (Å²) in [6.45, 7) is 0. The minimum Gasteiger partial charge on any atom is -1.00 e. The van der Waals surface area contributed by atoms with Gasteiger partial charge in [-0.1, -0.05) is 0 Å². The van der Waals surface area contributed by atoms with E-state index < -0.39 is 0 Å². The van der Waals surface area contributed by atoms with Crippen LogP contribution in [0.25, 0.3) is 0 Å². The second-order valence-electron chi connectivity index (χ2n) is 2.01. The summed E-state index contributed by atoms with van der Waals surface area (Å²) in [4.78, 5) is 0. The molecule has 0 atom stereocenters. The van der Waals surface area contributed by atoms with Gasteiger partial charge in [0.15, 0.2) is 0 Å². The van der Waals surface area contributed by atoms with Crippen molar-refractivity contribution in [3.05, 3.63) is 48.6 Å². The Bertz CT molecular complexity index is 151. The Labute approximate surface area is 112 Å². The summed E-state index contributed by atoms with van der Waals surface area (Å²) >= 11 is 0. The number of allylic oxidation sites excluding steroid dienone is 8. The molecule has 0 fully saturated rings. The third-order valence-corrected chi connectivity index (χ3v) is 1.17. The molecule has 2 rings (SSSR count). The molecule has 0 N–H and O–H groups in total. The molecule has 3 heteroatoms. The molecule has 2 aliphatic rings. The van der Waals surface area contributed by atoms with Gasteiger partial charge < -0.3 is 24.8 Å². The molecule has 13 heavy (non-hydrogen) atoms. The Kier molecular flexibility index (Phi) is 21.9. The molecule has 0 aromatic carbocycles. The zero-order valence-corrected chi connectivity index (χ0v) is 11.1. The molecule has 0 aromatic rings. The molecule has 0 bridgehead atoms. The van der Waals surface area contributed by atoms with E-state index in [0.29, 0.717) is 0 Å². The van der Waals surface area contributed by atoms with Crippen LogP contribution < -0.4 is 24.8 Å². The van der Waals surface area contributed by atoms with Gasteiger partial charge in [0, 0.05) is 0 Å². The van der Waals surface area contributed by atoms with E-state index in [4.69, 9.17) is 0 Å². The van der Waals surface area contributed by atoms with Gasteiger partial charge in [-0.25, -0.2) is 24.3 Å². The standard InChI is InChI=1S/2C5H5.2ClH.Zr/c2*1-2-4-5-3-1;;;/h2*1-3H,4H2;2*1H;/q2*-1;;;+2/p-2. The predicted molar refractivity (Wildman–Crippen MR) is 43.1 cm³/mol. The second kappa shape index (κ2) is 14.9.